The molecule has 0 aromatic carbocycles. The number of hydrogen-bond donors (Lipinski definition) is 0. The van der Waals surface area contributed by atoms with Crippen molar-refractivity contribution in [3.05, 3.63) is 0 Å². The summed E-state index contributed by atoms with van der Waals surface area (Å²) in [6, 6.07) is -0.393. The average molecular weight is 314 g/mol. The fraction of sp³-hybridized carbons (Fsp3) is 1.00. The molecule has 0 aliphatic carbocycles. The van der Waals surface area contributed by atoms with Crippen LogP contribution < -0.4 is 0 Å². The van der Waals surface area contributed by atoms with Gasteiger partial charge in [-0.3, -0.25) is 0 Å². The smallest absolute Gasteiger partial charge is 0.195 e. The monoisotopic (exact) mass is 314 g/mol. The molecule has 0 saturated carbocycles. The summed E-state index contributed by atoms with van der Waals surface area (Å²) in [5, 5.41) is 0. The van der Waals surface area contributed by atoms with Gasteiger partial charge < -0.3 is 0 Å². The number of piperazine rings is 1. The van der Waals surface area contributed by atoms with Crippen molar-refractivity contribution in [2.75, 3.05) is 47.8 Å². The van der Waals surface area contributed by atoms with Gasteiger partial charge >= 0.3 is 0 Å². The van der Waals surface area contributed by atoms with Gasteiger partial charge in [0.15, 0.2) is 0 Å². The van der Waals surface area contributed by atoms with Crippen LogP contribution in [0.3, 0.4) is 0 Å². The second-order valence-electron chi connectivity index (χ2n) is 4.90. The van der Waals surface area contributed by atoms with Gasteiger partial charge in [0, 0.05) is 53.9 Å². The zero-order chi connectivity index (χ0) is 15.0. The molecule has 0 spiro atoms. The van der Waals surface area contributed by atoms with Crippen LogP contribution in [0.1, 0.15) is 6.92 Å². The van der Waals surface area contributed by atoms with E-state index in [2.05, 4.69) is 0 Å². The van der Waals surface area contributed by atoms with Gasteiger partial charge in [-0.1, -0.05) is 0 Å². The molecule has 114 valence electrons. The molecule has 0 N–H and O–H groups in total. The maximum absolute atomic E-state index is 12.1. The quantitative estimate of drug-likeness (QED) is 0.639. The van der Waals surface area contributed by atoms with Gasteiger partial charge in [-0.05, 0) is 6.92 Å². The van der Waals surface area contributed by atoms with Crippen molar-refractivity contribution in [2.45, 2.75) is 13.0 Å². The Morgan fingerprint density at radius 1 is 0.895 bits per heavy atom. The van der Waals surface area contributed by atoms with Gasteiger partial charge in [0.1, 0.15) is 0 Å². The lowest BCUT2D eigenvalue weighted by atomic mass is 10.3. The lowest BCUT2D eigenvalue weighted by Gasteiger charge is -2.39. The first-order valence-electron chi connectivity index (χ1n) is 5.88. The Morgan fingerprint density at radius 2 is 1.37 bits per heavy atom. The zero-order valence-corrected chi connectivity index (χ0v) is 13.6. The third kappa shape index (κ3) is 3.26. The Labute approximate surface area is 115 Å². The van der Waals surface area contributed by atoms with E-state index in [4.69, 9.17) is 0 Å². The van der Waals surface area contributed by atoms with E-state index < -0.39 is 26.5 Å². The number of nitrogens with zero attached hydrogens (tertiary/aromatic N) is 4. The Kier molecular flexibility index (Phi) is 4.97. The molecule has 1 aliphatic rings. The fourth-order valence-electron chi connectivity index (χ4n) is 1.90. The molecule has 8 nitrogen and oxygen atoms in total. The summed E-state index contributed by atoms with van der Waals surface area (Å²) in [4.78, 5) is 0. The second-order valence-corrected chi connectivity index (χ2v) is 9.14. The molecule has 1 saturated heterocycles. The van der Waals surface area contributed by atoms with Gasteiger partial charge in [-0.25, -0.2) is 0 Å². The van der Waals surface area contributed by atoms with E-state index in [0.717, 1.165) is 8.61 Å². The summed E-state index contributed by atoms with van der Waals surface area (Å²) in [5.41, 5.74) is 0. The Hall–Kier alpha value is -0.260. The largest absolute Gasteiger partial charge is 0.281 e. The second kappa shape index (κ2) is 5.62. The van der Waals surface area contributed by atoms with Gasteiger partial charge in [0.25, 0.3) is 20.4 Å². The molecule has 10 heteroatoms. The number of hydrogen-bond acceptors (Lipinski definition) is 4. The van der Waals surface area contributed by atoms with Gasteiger partial charge in [-0.15, -0.1) is 0 Å². The molecule has 0 aromatic rings. The third-order valence-electron chi connectivity index (χ3n) is 3.07. The lowest BCUT2D eigenvalue weighted by Crippen LogP contribution is -2.58. The summed E-state index contributed by atoms with van der Waals surface area (Å²) >= 11 is 0. The summed E-state index contributed by atoms with van der Waals surface area (Å²) in [6.45, 7) is 2.19. The van der Waals surface area contributed by atoms with Gasteiger partial charge in [0.2, 0.25) is 0 Å². The predicted octanol–water partition coefficient (Wildman–Crippen LogP) is -1.39. The molecule has 1 rings (SSSR count). The van der Waals surface area contributed by atoms with Gasteiger partial charge in [0.05, 0.1) is 0 Å². The van der Waals surface area contributed by atoms with Crippen LogP contribution in [-0.2, 0) is 20.4 Å². The predicted molar refractivity (Wildman–Crippen MR) is 73.0 cm³/mol. The Balaban J connectivity index is 2.90. The SMILES string of the molecule is C[C@H]1CN(S(=O)(=O)N(C)C)CCN1S(=O)(=O)N(C)C. The van der Waals surface area contributed by atoms with Crippen molar-refractivity contribution in [1.29, 1.82) is 0 Å². The molecule has 1 aliphatic heterocycles. The van der Waals surface area contributed by atoms with Crippen LogP contribution in [0.25, 0.3) is 0 Å². The first kappa shape index (κ1) is 16.8. The first-order valence-corrected chi connectivity index (χ1v) is 8.67. The highest BCUT2D eigenvalue weighted by Crippen LogP contribution is 2.18. The molecule has 0 radical (unpaired) electrons. The minimum Gasteiger partial charge on any atom is -0.195 e. The van der Waals surface area contributed by atoms with Crippen molar-refractivity contribution in [3.8, 4) is 0 Å². The van der Waals surface area contributed by atoms with Crippen LogP contribution >= 0.6 is 0 Å². The molecular weight excluding hydrogens is 292 g/mol. The minimum absolute atomic E-state index is 0.160. The van der Waals surface area contributed by atoms with Crippen molar-refractivity contribution >= 4 is 20.4 Å². The summed E-state index contributed by atoms with van der Waals surface area (Å²) in [7, 11) is -1.15. The van der Waals surface area contributed by atoms with Crippen LogP contribution in [0.15, 0.2) is 0 Å². The summed E-state index contributed by atoms with van der Waals surface area (Å²) < 4.78 is 53.0. The molecule has 1 atom stereocenters. The summed E-state index contributed by atoms with van der Waals surface area (Å²) in [5.74, 6) is 0. The first-order chi connectivity index (χ1) is 8.51. The Morgan fingerprint density at radius 3 is 1.74 bits per heavy atom. The molecule has 0 unspecified atom stereocenters. The maximum Gasteiger partial charge on any atom is 0.281 e. The fourth-order valence-corrected chi connectivity index (χ4v) is 4.33. The van der Waals surface area contributed by atoms with Crippen molar-refractivity contribution in [3.63, 3.8) is 0 Å². The van der Waals surface area contributed by atoms with E-state index in [0.29, 0.717) is 0 Å². The van der Waals surface area contributed by atoms with E-state index in [1.165, 1.54) is 36.8 Å². The van der Waals surface area contributed by atoms with Crippen molar-refractivity contribution < 1.29 is 16.8 Å². The standard InChI is InChI=1S/C9H22N4O4S2/c1-9-8-12(18(14,15)10(2)3)6-7-13(9)19(16,17)11(4)5/h9H,6-8H2,1-5H3/t9-/m0/s1. The van der Waals surface area contributed by atoms with Crippen molar-refractivity contribution in [1.82, 2.24) is 17.2 Å². The van der Waals surface area contributed by atoms with E-state index in [9.17, 15) is 16.8 Å². The molecule has 0 aromatic heterocycles. The number of rotatable bonds is 4. The third-order valence-corrected chi connectivity index (χ3v) is 7.04. The zero-order valence-electron chi connectivity index (χ0n) is 11.9. The Bertz CT molecular complexity index is 514. The summed E-state index contributed by atoms with van der Waals surface area (Å²) in [6.07, 6.45) is 0. The lowest BCUT2D eigenvalue weighted by molar-refractivity contribution is 0.198. The van der Waals surface area contributed by atoms with Crippen LogP contribution in [0.4, 0.5) is 0 Å². The van der Waals surface area contributed by atoms with Crippen LogP contribution in [0, 0.1) is 0 Å². The van der Waals surface area contributed by atoms with E-state index in [-0.39, 0.29) is 19.6 Å². The topological polar surface area (TPSA) is 81.2 Å². The molecule has 19 heavy (non-hydrogen) atoms. The highest BCUT2D eigenvalue weighted by atomic mass is 32.2. The maximum atomic E-state index is 12.1. The van der Waals surface area contributed by atoms with E-state index in [1.807, 2.05) is 0 Å². The highest BCUT2D eigenvalue weighted by molar-refractivity contribution is 7.87. The van der Waals surface area contributed by atoms with E-state index >= 15 is 0 Å². The minimum atomic E-state index is -3.51. The van der Waals surface area contributed by atoms with Crippen LogP contribution in [0.5, 0.6) is 0 Å². The molecule has 0 amide bonds. The van der Waals surface area contributed by atoms with Crippen LogP contribution in [-0.4, -0.2) is 87.9 Å². The molecular formula is C9H22N4O4S2. The molecule has 1 heterocycles. The van der Waals surface area contributed by atoms with Crippen LogP contribution in [0.2, 0.25) is 0 Å². The van der Waals surface area contributed by atoms with Gasteiger partial charge in [-0.2, -0.15) is 34.1 Å². The highest BCUT2D eigenvalue weighted by Gasteiger charge is 2.38. The van der Waals surface area contributed by atoms with E-state index in [1.54, 1.807) is 6.92 Å². The molecule has 0 bridgehead atoms. The average Bonchev–Trinajstić information content (AvgIpc) is 2.27. The van der Waals surface area contributed by atoms with Crippen molar-refractivity contribution in [2.24, 2.45) is 0 Å². The normalized spacial score (nSPS) is 24.3. The molecule has 1 fully saturated rings.